The van der Waals surface area contributed by atoms with Crippen molar-refractivity contribution in [3.8, 4) is 0 Å². The van der Waals surface area contributed by atoms with Gasteiger partial charge in [0.2, 0.25) is 0 Å². The molecule has 0 aliphatic rings. The molecular formula is C11H20N2. The summed E-state index contributed by atoms with van der Waals surface area (Å²) in [5.41, 5.74) is 4.12. The summed E-state index contributed by atoms with van der Waals surface area (Å²) in [6, 6.07) is 6.42. The van der Waals surface area contributed by atoms with E-state index in [1.54, 1.807) is 0 Å². The van der Waals surface area contributed by atoms with Crippen LogP contribution in [0.5, 0.6) is 0 Å². The van der Waals surface area contributed by atoms with Gasteiger partial charge in [-0.15, -0.1) is 0 Å². The highest BCUT2D eigenvalue weighted by molar-refractivity contribution is 5.54. The van der Waals surface area contributed by atoms with Crippen LogP contribution in [0.15, 0.2) is 18.2 Å². The van der Waals surface area contributed by atoms with E-state index in [1.807, 2.05) is 0 Å². The van der Waals surface area contributed by atoms with E-state index in [0.29, 0.717) is 0 Å². The van der Waals surface area contributed by atoms with Gasteiger partial charge in [-0.2, -0.15) is 0 Å². The van der Waals surface area contributed by atoms with E-state index in [2.05, 4.69) is 44.3 Å². The molecule has 2 nitrogen and oxygen atoms in total. The summed E-state index contributed by atoms with van der Waals surface area (Å²) in [4.78, 5) is 0. The quantitative estimate of drug-likeness (QED) is 0.750. The van der Waals surface area contributed by atoms with Crippen LogP contribution in [-0.2, 0) is 6.42 Å². The number of hydrogen-bond acceptors (Lipinski definition) is 2. The SMILES string of the molecule is CCNc1cccc(C)c1CC.N. The van der Waals surface area contributed by atoms with Gasteiger partial charge in [-0.3, -0.25) is 0 Å². The monoisotopic (exact) mass is 180 g/mol. The molecule has 0 spiro atoms. The van der Waals surface area contributed by atoms with E-state index < -0.39 is 0 Å². The molecule has 13 heavy (non-hydrogen) atoms. The van der Waals surface area contributed by atoms with Crippen LogP contribution in [0.25, 0.3) is 0 Å². The Morgan fingerprint density at radius 3 is 2.46 bits per heavy atom. The topological polar surface area (TPSA) is 47.0 Å². The molecule has 0 aromatic heterocycles. The van der Waals surface area contributed by atoms with Gasteiger partial charge >= 0.3 is 0 Å². The van der Waals surface area contributed by atoms with Crippen molar-refractivity contribution in [1.29, 1.82) is 0 Å². The highest BCUT2D eigenvalue weighted by atomic mass is 14.9. The van der Waals surface area contributed by atoms with E-state index in [9.17, 15) is 0 Å². The molecule has 1 aromatic carbocycles. The van der Waals surface area contributed by atoms with Crippen molar-refractivity contribution >= 4 is 5.69 Å². The molecule has 1 aromatic rings. The highest BCUT2D eigenvalue weighted by Crippen LogP contribution is 2.19. The predicted octanol–water partition coefficient (Wildman–Crippen LogP) is 3.15. The molecule has 0 aliphatic heterocycles. The first kappa shape index (κ1) is 12.0. The number of benzene rings is 1. The zero-order valence-corrected chi connectivity index (χ0v) is 8.85. The second-order valence-corrected chi connectivity index (χ2v) is 2.98. The molecule has 0 atom stereocenters. The molecule has 0 aliphatic carbocycles. The number of aryl methyl sites for hydroxylation is 1. The summed E-state index contributed by atoms with van der Waals surface area (Å²) in [6.45, 7) is 7.49. The van der Waals surface area contributed by atoms with E-state index in [0.717, 1.165) is 13.0 Å². The number of anilines is 1. The lowest BCUT2D eigenvalue weighted by atomic mass is 10.0. The average molecular weight is 180 g/mol. The van der Waals surface area contributed by atoms with E-state index in [4.69, 9.17) is 0 Å². The van der Waals surface area contributed by atoms with Gasteiger partial charge in [-0.1, -0.05) is 19.1 Å². The second-order valence-electron chi connectivity index (χ2n) is 2.98. The zero-order chi connectivity index (χ0) is 8.97. The Balaban J connectivity index is 0.00000144. The van der Waals surface area contributed by atoms with E-state index in [-0.39, 0.29) is 6.15 Å². The maximum absolute atomic E-state index is 3.37. The lowest BCUT2D eigenvalue weighted by Crippen LogP contribution is -2.01. The lowest BCUT2D eigenvalue weighted by Gasteiger charge is -2.11. The Kier molecular flexibility index (Phi) is 5.16. The van der Waals surface area contributed by atoms with Crippen molar-refractivity contribution in [2.75, 3.05) is 11.9 Å². The van der Waals surface area contributed by atoms with Gasteiger partial charge in [0.25, 0.3) is 0 Å². The molecule has 0 fully saturated rings. The van der Waals surface area contributed by atoms with Gasteiger partial charge in [0.05, 0.1) is 0 Å². The Bertz CT molecular complexity index is 256. The third kappa shape index (κ3) is 2.74. The molecule has 0 bridgehead atoms. The third-order valence-electron chi connectivity index (χ3n) is 2.13. The minimum atomic E-state index is 0. The third-order valence-corrected chi connectivity index (χ3v) is 2.13. The maximum Gasteiger partial charge on any atom is 0.0375 e. The molecule has 1 rings (SSSR count). The average Bonchev–Trinajstić information content (AvgIpc) is 2.05. The maximum atomic E-state index is 3.37. The van der Waals surface area contributed by atoms with Crippen LogP contribution in [-0.4, -0.2) is 6.54 Å². The van der Waals surface area contributed by atoms with Crippen LogP contribution in [0.4, 0.5) is 5.69 Å². The normalized spacial score (nSPS) is 9.15. The highest BCUT2D eigenvalue weighted by Gasteiger charge is 2.00. The first-order valence-corrected chi connectivity index (χ1v) is 4.62. The summed E-state index contributed by atoms with van der Waals surface area (Å²) in [7, 11) is 0. The molecule has 0 amide bonds. The summed E-state index contributed by atoms with van der Waals surface area (Å²) in [5, 5.41) is 3.37. The fourth-order valence-corrected chi connectivity index (χ4v) is 1.53. The lowest BCUT2D eigenvalue weighted by molar-refractivity contribution is 1.09. The minimum absolute atomic E-state index is 0. The van der Waals surface area contributed by atoms with Gasteiger partial charge in [0.15, 0.2) is 0 Å². The number of rotatable bonds is 3. The van der Waals surface area contributed by atoms with E-state index >= 15 is 0 Å². The predicted molar refractivity (Wildman–Crippen MR) is 59.7 cm³/mol. The molecule has 0 saturated heterocycles. The van der Waals surface area contributed by atoms with Gasteiger partial charge in [-0.25, -0.2) is 0 Å². The van der Waals surface area contributed by atoms with Crippen LogP contribution >= 0.6 is 0 Å². The van der Waals surface area contributed by atoms with Gasteiger partial charge in [0, 0.05) is 12.2 Å². The minimum Gasteiger partial charge on any atom is -0.385 e. The Hall–Kier alpha value is -1.02. The molecule has 4 N–H and O–H groups in total. The van der Waals surface area contributed by atoms with Gasteiger partial charge in [-0.05, 0) is 37.5 Å². The second kappa shape index (κ2) is 5.60. The molecule has 74 valence electrons. The zero-order valence-electron chi connectivity index (χ0n) is 8.85. The molecule has 0 saturated carbocycles. The Labute approximate surface area is 80.9 Å². The van der Waals surface area contributed by atoms with Crippen LogP contribution in [0, 0.1) is 6.92 Å². The largest absolute Gasteiger partial charge is 0.385 e. The van der Waals surface area contributed by atoms with Gasteiger partial charge in [0.1, 0.15) is 0 Å². The summed E-state index contributed by atoms with van der Waals surface area (Å²) < 4.78 is 0. The fraction of sp³-hybridized carbons (Fsp3) is 0.455. The first-order chi connectivity index (χ1) is 5.79. The van der Waals surface area contributed by atoms with Crippen LogP contribution in [0.2, 0.25) is 0 Å². The molecular weight excluding hydrogens is 160 g/mol. The molecule has 0 heterocycles. The van der Waals surface area contributed by atoms with Crippen molar-refractivity contribution in [3.63, 3.8) is 0 Å². The molecule has 0 radical (unpaired) electrons. The first-order valence-electron chi connectivity index (χ1n) is 4.62. The molecule has 0 unspecified atom stereocenters. The fourth-order valence-electron chi connectivity index (χ4n) is 1.53. The van der Waals surface area contributed by atoms with Crippen molar-refractivity contribution in [2.45, 2.75) is 27.2 Å². The van der Waals surface area contributed by atoms with Crippen LogP contribution in [0.3, 0.4) is 0 Å². The van der Waals surface area contributed by atoms with Crippen LogP contribution in [0.1, 0.15) is 25.0 Å². The number of hydrogen-bond donors (Lipinski definition) is 2. The number of nitrogens with one attached hydrogen (secondary N) is 1. The smallest absolute Gasteiger partial charge is 0.0375 e. The van der Waals surface area contributed by atoms with Crippen molar-refractivity contribution in [3.05, 3.63) is 29.3 Å². The Morgan fingerprint density at radius 1 is 1.23 bits per heavy atom. The van der Waals surface area contributed by atoms with Crippen LogP contribution < -0.4 is 11.5 Å². The summed E-state index contributed by atoms with van der Waals surface area (Å²) >= 11 is 0. The van der Waals surface area contributed by atoms with E-state index in [1.165, 1.54) is 16.8 Å². The van der Waals surface area contributed by atoms with Crippen molar-refractivity contribution in [2.24, 2.45) is 0 Å². The standard InChI is InChI=1S/C11H17N.H3N/c1-4-10-9(3)7-6-8-11(10)12-5-2;/h6-8,12H,4-5H2,1-3H3;1H3. The molecule has 2 heteroatoms. The summed E-state index contributed by atoms with van der Waals surface area (Å²) in [5.74, 6) is 0. The Morgan fingerprint density at radius 2 is 1.92 bits per heavy atom. The summed E-state index contributed by atoms with van der Waals surface area (Å²) in [6.07, 6.45) is 1.11. The van der Waals surface area contributed by atoms with Crippen molar-refractivity contribution < 1.29 is 0 Å². The van der Waals surface area contributed by atoms with Crippen molar-refractivity contribution in [1.82, 2.24) is 6.15 Å². The van der Waals surface area contributed by atoms with Gasteiger partial charge < -0.3 is 11.5 Å².